The maximum Gasteiger partial charge on any atom is 0.270 e. The van der Waals surface area contributed by atoms with Crippen molar-refractivity contribution in [2.45, 2.75) is 19.8 Å². The fourth-order valence-electron chi connectivity index (χ4n) is 3.74. The molecule has 0 saturated carbocycles. The molecular formula is C23H23ClN4O2. The van der Waals surface area contributed by atoms with Gasteiger partial charge in [0.1, 0.15) is 5.69 Å². The van der Waals surface area contributed by atoms with Crippen LogP contribution in [0.3, 0.4) is 0 Å². The third-order valence-corrected chi connectivity index (χ3v) is 5.74. The first-order valence-corrected chi connectivity index (χ1v) is 10.3. The second-order valence-electron chi connectivity index (χ2n) is 7.51. The Morgan fingerprint density at radius 1 is 1.13 bits per heavy atom. The molecule has 1 saturated heterocycles. The summed E-state index contributed by atoms with van der Waals surface area (Å²) in [6.45, 7) is 3.03. The zero-order chi connectivity index (χ0) is 21.1. The van der Waals surface area contributed by atoms with Gasteiger partial charge in [0.25, 0.3) is 5.91 Å². The lowest BCUT2D eigenvalue weighted by molar-refractivity contribution is -0.121. The molecule has 4 rings (SSSR count). The minimum absolute atomic E-state index is 0.0377. The first-order chi connectivity index (χ1) is 14.5. The number of halogens is 1. The van der Waals surface area contributed by atoms with Crippen molar-refractivity contribution >= 4 is 29.1 Å². The summed E-state index contributed by atoms with van der Waals surface area (Å²) in [5.74, 6) is -0.229. The molecule has 7 heteroatoms. The summed E-state index contributed by atoms with van der Waals surface area (Å²) in [5.41, 5.74) is 3.10. The van der Waals surface area contributed by atoms with E-state index >= 15 is 0 Å². The first-order valence-electron chi connectivity index (χ1n) is 9.97. The monoisotopic (exact) mass is 422 g/mol. The highest BCUT2D eigenvalue weighted by Gasteiger charge is 2.29. The smallest absolute Gasteiger partial charge is 0.270 e. The minimum Gasteiger partial charge on any atom is -0.337 e. The quantitative estimate of drug-likeness (QED) is 0.680. The Morgan fingerprint density at radius 3 is 2.63 bits per heavy atom. The van der Waals surface area contributed by atoms with Crippen LogP contribution in [0.25, 0.3) is 5.69 Å². The molecule has 0 unspecified atom stereocenters. The number of nitrogens with zero attached hydrogens (tertiary/aromatic N) is 3. The standard InChI is InChI=1S/C23H23ClN4O2/c1-16-6-7-20(19(24)14-16)26-22(29)17-8-12-27(13-9-17)23(30)21-5-3-11-28(21)18-4-2-10-25-15-18/h2-7,10-11,14-15,17H,8-9,12-13H2,1H3,(H,26,29). The Hall–Kier alpha value is -3.12. The van der Waals surface area contributed by atoms with E-state index in [1.54, 1.807) is 12.4 Å². The predicted octanol–water partition coefficient (Wildman–Crippen LogP) is 4.33. The number of pyridine rings is 1. The molecule has 0 spiro atoms. The van der Waals surface area contributed by atoms with Gasteiger partial charge in [-0.05, 0) is 61.7 Å². The van der Waals surface area contributed by atoms with Crippen LogP contribution in [0.4, 0.5) is 5.69 Å². The summed E-state index contributed by atoms with van der Waals surface area (Å²) < 4.78 is 1.84. The summed E-state index contributed by atoms with van der Waals surface area (Å²) >= 11 is 6.23. The summed E-state index contributed by atoms with van der Waals surface area (Å²) in [6, 6.07) is 13.0. The third kappa shape index (κ3) is 4.24. The number of anilines is 1. The number of aryl methyl sites for hydroxylation is 1. The van der Waals surface area contributed by atoms with Gasteiger partial charge in [0.05, 0.1) is 22.6 Å². The van der Waals surface area contributed by atoms with Crippen molar-refractivity contribution in [1.82, 2.24) is 14.5 Å². The normalized spacial score (nSPS) is 14.5. The van der Waals surface area contributed by atoms with Crippen molar-refractivity contribution in [1.29, 1.82) is 0 Å². The molecule has 30 heavy (non-hydrogen) atoms. The number of aromatic nitrogens is 2. The van der Waals surface area contributed by atoms with Crippen LogP contribution >= 0.6 is 11.6 Å². The largest absolute Gasteiger partial charge is 0.337 e. The van der Waals surface area contributed by atoms with Crippen LogP contribution in [-0.4, -0.2) is 39.4 Å². The van der Waals surface area contributed by atoms with Gasteiger partial charge in [-0.15, -0.1) is 0 Å². The van der Waals surface area contributed by atoms with E-state index in [0.29, 0.717) is 42.3 Å². The van der Waals surface area contributed by atoms with E-state index < -0.39 is 0 Å². The Labute approximate surface area is 180 Å². The number of piperidine rings is 1. The molecule has 1 fully saturated rings. The zero-order valence-electron chi connectivity index (χ0n) is 16.7. The molecule has 1 aliphatic rings. The summed E-state index contributed by atoms with van der Waals surface area (Å²) in [4.78, 5) is 31.7. The molecule has 0 aliphatic carbocycles. The second-order valence-corrected chi connectivity index (χ2v) is 7.92. The first kappa shape index (κ1) is 20.2. The van der Waals surface area contributed by atoms with Crippen molar-refractivity contribution in [3.63, 3.8) is 0 Å². The molecule has 0 bridgehead atoms. The maximum absolute atomic E-state index is 13.1. The van der Waals surface area contributed by atoms with Crippen LogP contribution < -0.4 is 5.32 Å². The van der Waals surface area contributed by atoms with E-state index in [1.165, 1.54) is 0 Å². The Balaban J connectivity index is 1.38. The molecule has 154 valence electrons. The van der Waals surface area contributed by atoms with E-state index in [2.05, 4.69) is 10.3 Å². The highest BCUT2D eigenvalue weighted by atomic mass is 35.5. The topological polar surface area (TPSA) is 67.2 Å². The molecule has 0 radical (unpaired) electrons. The van der Waals surface area contributed by atoms with Crippen molar-refractivity contribution in [3.8, 4) is 5.69 Å². The van der Waals surface area contributed by atoms with Gasteiger partial charge in [-0.2, -0.15) is 0 Å². The van der Waals surface area contributed by atoms with Crippen LogP contribution in [0.2, 0.25) is 5.02 Å². The molecule has 2 amide bonds. The highest BCUT2D eigenvalue weighted by Crippen LogP contribution is 2.26. The SMILES string of the molecule is Cc1ccc(NC(=O)C2CCN(C(=O)c3cccn3-c3cccnc3)CC2)c(Cl)c1. The Kier molecular flexibility index (Phi) is 5.86. The van der Waals surface area contributed by atoms with E-state index in [-0.39, 0.29) is 17.7 Å². The number of nitrogens with one attached hydrogen (secondary N) is 1. The van der Waals surface area contributed by atoms with Gasteiger partial charge in [0, 0.05) is 31.4 Å². The molecule has 2 aromatic heterocycles. The summed E-state index contributed by atoms with van der Waals surface area (Å²) in [7, 11) is 0. The number of amides is 2. The van der Waals surface area contributed by atoms with Crippen molar-refractivity contribution in [2.75, 3.05) is 18.4 Å². The van der Waals surface area contributed by atoms with E-state index in [9.17, 15) is 9.59 Å². The molecule has 1 aromatic carbocycles. The number of carbonyl (C=O) groups is 2. The van der Waals surface area contributed by atoms with Crippen molar-refractivity contribution in [3.05, 3.63) is 77.3 Å². The maximum atomic E-state index is 13.1. The van der Waals surface area contributed by atoms with Gasteiger partial charge in [-0.25, -0.2) is 0 Å². The fourth-order valence-corrected chi connectivity index (χ4v) is 4.02. The molecular weight excluding hydrogens is 400 g/mol. The Bertz CT molecular complexity index is 1060. The molecule has 1 N–H and O–H groups in total. The number of hydrogen-bond acceptors (Lipinski definition) is 3. The van der Waals surface area contributed by atoms with E-state index in [0.717, 1.165) is 11.3 Å². The predicted molar refractivity (Wildman–Crippen MR) is 117 cm³/mol. The van der Waals surface area contributed by atoms with Gasteiger partial charge < -0.3 is 14.8 Å². The Morgan fingerprint density at radius 2 is 1.93 bits per heavy atom. The van der Waals surface area contributed by atoms with Crippen LogP contribution in [0, 0.1) is 12.8 Å². The number of carbonyl (C=O) groups excluding carboxylic acids is 2. The lowest BCUT2D eigenvalue weighted by Gasteiger charge is -2.31. The number of likely N-dealkylation sites (tertiary alicyclic amines) is 1. The van der Waals surface area contributed by atoms with E-state index in [1.807, 2.05) is 65.1 Å². The van der Waals surface area contributed by atoms with Gasteiger partial charge in [0.2, 0.25) is 5.91 Å². The molecule has 6 nitrogen and oxygen atoms in total. The van der Waals surface area contributed by atoms with Crippen LogP contribution in [0.15, 0.2) is 61.1 Å². The second kappa shape index (κ2) is 8.71. The average molecular weight is 423 g/mol. The summed E-state index contributed by atoms with van der Waals surface area (Å²) in [6.07, 6.45) is 6.52. The van der Waals surface area contributed by atoms with Gasteiger partial charge >= 0.3 is 0 Å². The highest BCUT2D eigenvalue weighted by molar-refractivity contribution is 6.33. The lowest BCUT2D eigenvalue weighted by atomic mass is 9.95. The molecule has 3 aromatic rings. The molecule has 3 heterocycles. The fraction of sp³-hybridized carbons (Fsp3) is 0.261. The van der Waals surface area contributed by atoms with Crippen LogP contribution in [0.5, 0.6) is 0 Å². The van der Waals surface area contributed by atoms with Gasteiger partial charge in [-0.1, -0.05) is 17.7 Å². The van der Waals surface area contributed by atoms with Gasteiger partial charge in [0.15, 0.2) is 0 Å². The van der Waals surface area contributed by atoms with Crippen LogP contribution in [0.1, 0.15) is 28.9 Å². The molecule has 0 atom stereocenters. The number of rotatable bonds is 4. The zero-order valence-corrected chi connectivity index (χ0v) is 17.5. The molecule has 1 aliphatic heterocycles. The lowest BCUT2D eigenvalue weighted by Crippen LogP contribution is -2.42. The van der Waals surface area contributed by atoms with E-state index in [4.69, 9.17) is 11.6 Å². The van der Waals surface area contributed by atoms with Crippen LogP contribution in [-0.2, 0) is 4.79 Å². The number of hydrogen-bond donors (Lipinski definition) is 1. The summed E-state index contributed by atoms with van der Waals surface area (Å²) in [5, 5.41) is 3.46. The third-order valence-electron chi connectivity index (χ3n) is 5.43. The van der Waals surface area contributed by atoms with Gasteiger partial charge in [-0.3, -0.25) is 14.6 Å². The minimum atomic E-state index is -0.142. The van der Waals surface area contributed by atoms with Crippen molar-refractivity contribution in [2.24, 2.45) is 5.92 Å². The van der Waals surface area contributed by atoms with Crippen molar-refractivity contribution < 1.29 is 9.59 Å². The average Bonchev–Trinajstić information content (AvgIpc) is 3.26. The number of benzene rings is 1.